The summed E-state index contributed by atoms with van der Waals surface area (Å²) < 4.78 is 68.3. The van der Waals surface area contributed by atoms with Crippen molar-refractivity contribution >= 4 is 20.1 Å². The lowest BCUT2D eigenvalue weighted by atomic mass is 10.3. The SMILES string of the molecule is O=C(CF)NCCCCO[P+](=O)OCCCCNC(=O)C(F)(F)F. The van der Waals surface area contributed by atoms with Crippen LogP contribution in [0.3, 0.4) is 0 Å². The fraction of sp³-hybridized carbons (Fsp3) is 0.833. The highest BCUT2D eigenvalue weighted by molar-refractivity contribution is 7.33. The first-order chi connectivity index (χ1) is 11.3. The van der Waals surface area contributed by atoms with E-state index in [1.807, 2.05) is 0 Å². The van der Waals surface area contributed by atoms with Crippen LogP contribution in [0, 0.1) is 0 Å². The maximum Gasteiger partial charge on any atom is 0.697 e. The summed E-state index contributed by atoms with van der Waals surface area (Å²) in [6, 6.07) is 0. The number of carbonyl (C=O) groups excluding carboxylic acids is 2. The van der Waals surface area contributed by atoms with Crippen LogP contribution >= 0.6 is 8.25 Å². The number of rotatable bonds is 13. The van der Waals surface area contributed by atoms with E-state index in [9.17, 15) is 31.7 Å². The molecule has 2 N–H and O–H groups in total. The van der Waals surface area contributed by atoms with E-state index in [2.05, 4.69) is 5.32 Å². The Morgan fingerprint density at radius 2 is 1.42 bits per heavy atom. The van der Waals surface area contributed by atoms with Crippen LogP contribution in [0.5, 0.6) is 0 Å². The minimum Gasteiger partial charge on any atom is -0.354 e. The average Bonchev–Trinajstić information content (AvgIpc) is 2.52. The zero-order valence-electron chi connectivity index (χ0n) is 12.9. The second-order valence-electron chi connectivity index (χ2n) is 4.54. The average molecular weight is 379 g/mol. The molecular weight excluding hydrogens is 359 g/mol. The van der Waals surface area contributed by atoms with Crippen molar-refractivity contribution in [2.24, 2.45) is 0 Å². The van der Waals surface area contributed by atoms with Gasteiger partial charge < -0.3 is 10.6 Å². The third-order valence-electron chi connectivity index (χ3n) is 2.52. The number of amides is 2. The number of hydrogen-bond donors (Lipinski definition) is 2. The van der Waals surface area contributed by atoms with E-state index in [1.54, 1.807) is 5.32 Å². The highest BCUT2D eigenvalue weighted by Gasteiger charge is 2.38. The lowest BCUT2D eigenvalue weighted by Gasteiger charge is -2.06. The van der Waals surface area contributed by atoms with E-state index < -0.39 is 32.9 Å². The first kappa shape index (κ1) is 22.7. The Bertz CT molecular complexity index is 409. The minimum atomic E-state index is -4.90. The van der Waals surface area contributed by atoms with Crippen molar-refractivity contribution in [1.82, 2.24) is 10.6 Å². The fourth-order valence-electron chi connectivity index (χ4n) is 1.35. The van der Waals surface area contributed by atoms with Crippen molar-refractivity contribution in [3.63, 3.8) is 0 Å². The monoisotopic (exact) mass is 379 g/mol. The van der Waals surface area contributed by atoms with Gasteiger partial charge in [0.15, 0.2) is 6.67 Å². The van der Waals surface area contributed by atoms with Gasteiger partial charge in [0.2, 0.25) is 0 Å². The fourth-order valence-corrected chi connectivity index (χ4v) is 1.98. The van der Waals surface area contributed by atoms with Gasteiger partial charge in [-0.25, -0.2) is 4.39 Å². The summed E-state index contributed by atoms with van der Waals surface area (Å²) in [5, 5.41) is 4.02. The predicted octanol–water partition coefficient (Wildman–Crippen LogP) is 2.00. The van der Waals surface area contributed by atoms with Gasteiger partial charge in [-0.3, -0.25) is 9.59 Å². The molecule has 0 aromatic heterocycles. The van der Waals surface area contributed by atoms with E-state index in [1.165, 1.54) is 0 Å². The molecule has 0 rings (SSSR count). The molecule has 0 spiro atoms. The molecule has 1 atom stereocenters. The molecule has 0 aliphatic rings. The third kappa shape index (κ3) is 13.1. The molecule has 2 amide bonds. The maximum absolute atomic E-state index is 11.9. The summed E-state index contributed by atoms with van der Waals surface area (Å²) in [4.78, 5) is 21.0. The molecule has 0 aromatic carbocycles. The van der Waals surface area contributed by atoms with Gasteiger partial charge in [0.25, 0.3) is 5.91 Å². The summed E-state index contributed by atoms with van der Waals surface area (Å²) in [5.74, 6) is -2.70. The standard InChI is InChI=1S/C12H19F4N2O5P/c13-9-10(19)17-5-1-3-7-22-24(21)23-8-4-2-6-18-11(20)12(14,15)16/h1-9H2,(H-,17,18,19,20)/p+1. The quantitative estimate of drug-likeness (QED) is 0.290. The van der Waals surface area contributed by atoms with Crippen LogP contribution in [0.15, 0.2) is 0 Å². The van der Waals surface area contributed by atoms with E-state index in [-0.39, 0.29) is 32.7 Å². The van der Waals surface area contributed by atoms with Gasteiger partial charge in [0.05, 0.1) is 0 Å². The number of hydrogen-bond acceptors (Lipinski definition) is 5. The van der Waals surface area contributed by atoms with E-state index in [0.29, 0.717) is 19.3 Å². The molecule has 0 bridgehead atoms. The Balaban J connectivity index is 3.41. The maximum atomic E-state index is 11.9. The molecular formula is C12H20F4N2O5P+. The van der Waals surface area contributed by atoms with Crippen LogP contribution in [0.4, 0.5) is 17.6 Å². The largest absolute Gasteiger partial charge is 0.697 e. The number of alkyl halides is 4. The summed E-state index contributed by atoms with van der Waals surface area (Å²) in [7, 11) is -2.33. The molecule has 24 heavy (non-hydrogen) atoms. The van der Waals surface area contributed by atoms with Crippen LogP contribution in [0.2, 0.25) is 0 Å². The topological polar surface area (TPSA) is 93.7 Å². The summed E-state index contributed by atoms with van der Waals surface area (Å²) in [6.07, 6.45) is -3.35. The molecule has 12 heteroatoms. The van der Waals surface area contributed by atoms with Crippen molar-refractivity contribution in [1.29, 1.82) is 0 Å². The molecule has 0 fully saturated rings. The Labute approximate surface area is 137 Å². The molecule has 0 heterocycles. The first-order valence-electron chi connectivity index (χ1n) is 7.18. The van der Waals surface area contributed by atoms with Gasteiger partial charge in [-0.15, -0.1) is 9.05 Å². The second-order valence-corrected chi connectivity index (χ2v) is 5.51. The van der Waals surface area contributed by atoms with Crippen LogP contribution in [0.1, 0.15) is 25.7 Å². The molecule has 0 saturated carbocycles. The number of nitrogens with one attached hydrogen (secondary N) is 2. The van der Waals surface area contributed by atoms with Crippen LogP contribution in [-0.4, -0.2) is 51.0 Å². The molecule has 1 unspecified atom stereocenters. The Kier molecular flexibility index (Phi) is 12.3. The molecule has 7 nitrogen and oxygen atoms in total. The number of carbonyl (C=O) groups is 2. The third-order valence-corrected chi connectivity index (χ3v) is 3.31. The highest BCUT2D eigenvalue weighted by atomic mass is 31.1. The summed E-state index contributed by atoms with van der Waals surface area (Å²) in [6.45, 7) is -0.806. The molecule has 0 saturated heterocycles. The van der Waals surface area contributed by atoms with Crippen molar-refractivity contribution in [3.05, 3.63) is 0 Å². The minimum absolute atomic E-state index is 0.0175. The zero-order chi connectivity index (χ0) is 18.4. The first-order valence-corrected chi connectivity index (χ1v) is 8.27. The lowest BCUT2D eigenvalue weighted by Crippen LogP contribution is -2.37. The summed E-state index contributed by atoms with van der Waals surface area (Å²) >= 11 is 0. The zero-order valence-corrected chi connectivity index (χ0v) is 13.8. The van der Waals surface area contributed by atoms with Gasteiger partial charge in [-0.1, -0.05) is 0 Å². The smallest absolute Gasteiger partial charge is 0.354 e. The van der Waals surface area contributed by atoms with Gasteiger partial charge in [0, 0.05) is 17.7 Å². The van der Waals surface area contributed by atoms with Crippen molar-refractivity contribution in [3.8, 4) is 0 Å². The molecule has 0 aliphatic carbocycles. The molecule has 140 valence electrons. The Morgan fingerprint density at radius 1 is 0.917 bits per heavy atom. The van der Waals surface area contributed by atoms with E-state index in [4.69, 9.17) is 9.05 Å². The normalized spacial score (nSPS) is 11.9. The second kappa shape index (κ2) is 13.0. The number of halogens is 4. The Hall–Kier alpha value is -1.32. The summed E-state index contributed by atoms with van der Waals surface area (Å²) in [5.41, 5.74) is 0. The Morgan fingerprint density at radius 3 is 1.88 bits per heavy atom. The molecule has 0 aliphatic heterocycles. The molecule has 0 radical (unpaired) electrons. The van der Waals surface area contributed by atoms with Crippen LogP contribution < -0.4 is 10.6 Å². The van der Waals surface area contributed by atoms with Gasteiger partial charge in [0.1, 0.15) is 13.2 Å². The van der Waals surface area contributed by atoms with Crippen LogP contribution in [0.25, 0.3) is 0 Å². The number of unbranched alkanes of at least 4 members (excludes halogenated alkanes) is 2. The predicted molar refractivity (Wildman–Crippen MR) is 76.0 cm³/mol. The van der Waals surface area contributed by atoms with Crippen molar-refractivity contribution in [2.45, 2.75) is 31.9 Å². The highest BCUT2D eigenvalue weighted by Crippen LogP contribution is 2.24. The van der Waals surface area contributed by atoms with Crippen molar-refractivity contribution in [2.75, 3.05) is 33.0 Å². The van der Waals surface area contributed by atoms with Crippen molar-refractivity contribution < 1.29 is 40.8 Å². The van der Waals surface area contributed by atoms with Gasteiger partial charge >= 0.3 is 20.3 Å². The van der Waals surface area contributed by atoms with Gasteiger partial charge in [-0.2, -0.15) is 13.2 Å². The van der Waals surface area contributed by atoms with Crippen LogP contribution in [-0.2, 0) is 23.2 Å². The van der Waals surface area contributed by atoms with E-state index in [0.717, 1.165) is 0 Å². The van der Waals surface area contributed by atoms with E-state index >= 15 is 0 Å². The van der Waals surface area contributed by atoms with Gasteiger partial charge in [-0.05, 0) is 25.7 Å². The molecule has 0 aromatic rings. The lowest BCUT2D eigenvalue weighted by molar-refractivity contribution is -0.173.